The van der Waals surface area contributed by atoms with Crippen LogP contribution in [-0.4, -0.2) is 34.7 Å². The van der Waals surface area contributed by atoms with Gasteiger partial charge in [0.25, 0.3) is 0 Å². The number of rotatable bonds is 5. The summed E-state index contributed by atoms with van der Waals surface area (Å²) in [4.78, 5) is 2.91. The van der Waals surface area contributed by atoms with Gasteiger partial charge in [0.05, 0.1) is 6.10 Å². The van der Waals surface area contributed by atoms with E-state index in [9.17, 15) is 5.11 Å². The van der Waals surface area contributed by atoms with Gasteiger partial charge in [-0.2, -0.15) is 0 Å². The number of aliphatic hydroxyl groups is 1. The minimum absolute atomic E-state index is 0.00422. The lowest BCUT2D eigenvalue weighted by molar-refractivity contribution is 0.0606. The largest absolute Gasteiger partial charge is 0.393 e. The van der Waals surface area contributed by atoms with E-state index in [0.717, 1.165) is 18.5 Å². The summed E-state index contributed by atoms with van der Waals surface area (Å²) in [5.74, 6) is 0.597. The van der Waals surface area contributed by atoms with E-state index in [4.69, 9.17) is 0 Å². The van der Waals surface area contributed by atoms with E-state index in [-0.39, 0.29) is 6.10 Å². The Balaban J connectivity index is 1.57. The van der Waals surface area contributed by atoms with Gasteiger partial charge in [-0.25, -0.2) is 0 Å². The van der Waals surface area contributed by atoms with Gasteiger partial charge in [-0.15, -0.1) is 0 Å². The fourth-order valence-electron chi connectivity index (χ4n) is 5.16. The van der Waals surface area contributed by atoms with Crippen molar-refractivity contribution in [3.8, 4) is 0 Å². The maximum absolute atomic E-state index is 10.1. The molecule has 0 aromatic rings. The zero-order valence-corrected chi connectivity index (χ0v) is 13.8. The second-order valence-electron chi connectivity index (χ2n) is 7.87. The fourth-order valence-corrected chi connectivity index (χ4v) is 5.16. The summed E-state index contributed by atoms with van der Waals surface area (Å²) < 4.78 is 0. The van der Waals surface area contributed by atoms with Crippen molar-refractivity contribution in [1.29, 1.82) is 0 Å². The molecule has 0 aliphatic heterocycles. The molecule has 122 valence electrons. The summed E-state index contributed by atoms with van der Waals surface area (Å²) in [6, 6.07) is 1.72. The summed E-state index contributed by atoms with van der Waals surface area (Å²) in [6.07, 6.45) is 19.2. The van der Waals surface area contributed by atoms with Gasteiger partial charge in [-0.05, 0) is 57.4 Å². The molecule has 3 saturated carbocycles. The Bertz CT molecular complexity index is 276. The Morgan fingerprint density at radius 3 is 1.71 bits per heavy atom. The SMILES string of the molecule is OC1CCCC1CCN(C1CCCCC1)C1CCCCC1. The van der Waals surface area contributed by atoms with Crippen LogP contribution in [0.25, 0.3) is 0 Å². The molecule has 2 atom stereocenters. The average molecular weight is 293 g/mol. The highest BCUT2D eigenvalue weighted by atomic mass is 16.3. The molecular weight excluding hydrogens is 258 g/mol. The number of hydrogen-bond acceptors (Lipinski definition) is 2. The molecular formula is C19H35NO. The topological polar surface area (TPSA) is 23.5 Å². The lowest BCUT2D eigenvalue weighted by atomic mass is 9.88. The van der Waals surface area contributed by atoms with Gasteiger partial charge in [0.2, 0.25) is 0 Å². The third kappa shape index (κ3) is 4.22. The van der Waals surface area contributed by atoms with E-state index in [1.807, 2.05) is 0 Å². The molecule has 0 heterocycles. The molecule has 1 N–H and O–H groups in total. The van der Waals surface area contributed by atoms with E-state index in [2.05, 4.69) is 4.90 Å². The van der Waals surface area contributed by atoms with E-state index in [0.29, 0.717) is 5.92 Å². The van der Waals surface area contributed by atoms with Crippen LogP contribution in [0.2, 0.25) is 0 Å². The van der Waals surface area contributed by atoms with Gasteiger partial charge in [0.15, 0.2) is 0 Å². The zero-order chi connectivity index (χ0) is 14.5. The van der Waals surface area contributed by atoms with Crippen molar-refractivity contribution in [3.05, 3.63) is 0 Å². The van der Waals surface area contributed by atoms with Crippen molar-refractivity contribution in [1.82, 2.24) is 4.90 Å². The van der Waals surface area contributed by atoms with Crippen molar-refractivity contribution >= 4 is 0 Å². The first-order chi connectivity index (χ1) is 10.3. The summed E-state index contributed by atoms with van der Waals surface area (Å²) in [5, 5.41) is 10.1. The Kier molecular flexibility index (Phi) is 5.99. The summed E-state index contributed by atoms with van der Waals surface area (Å²) in [6.45, 7) is 1.26. The van der Waals surface area contributed by atoms with Crippen LogP contribution in [0, 0.1) is 5.92 Å². The average Bonchev–Trinajstić information content (AvgIpc) is 2.95. The second kappa shape index (κ2) is 7.97. The number of hydrogen-bond donors (Lipinski definition) is 1. The second-order valence-corrected chi connectivity index (χ2v) is 7.87. The standard InChI is InChI=1S/C19H35NO/c21-19-13-7-8-16(19)14-15-20(17-9-3-1-4-10-17)18-11-5-2-6-12-18/h16-19,21H,1-15H2. The van der Waals surface area contributed by atoms with Crippen LogP contribution in [0.15, 0.2) is 0 Å². The number of nitrogens with zero attached hydrogens (tertiary/aromatic N) is 1. The molecule has 2 nitrogen and oxygen atoms in total. The van der Waals surface area contributed by atoms with Crippen molar-refractivity contribution in [3.63, 3.8) is 0 Å². The van der Waals surface area contributed by atoms with Gasteiger partial charge >= 0.3 is 0 Å². The van der Waals surface area contributed by atoms with Gasteiger partial charge < -0.3 is 5.11 Å². The van der Waals surface area contributed by atoms with Crippen LogP contribution in [0.1, 0.15) is 89.9 Å². The highest BCUT2D eigenvalue weighted by molar-refractivity contribution is 4.85. The Morgan fingerprint density at radius 1 is 0.667 bits per heavy atom. The maximum Gasteiger partial charge on any atom is 0.0568 e. The Morgan fingerprint density at radius 2 is 1.24 bits per heavy atom. The van der Waals surface area contributed by atoms with Gasteiger partial charge in [-0.1, -0.05) is 44.9 Å². The predicted molar refractivity (Wildman–Crippen MR) is 88.4 cm³/mol. The van der Waals surface area contributed by atoms with Crippen LogP contribution < -0.4 is 0 Å². The zero-order valence-electron chi connectivity index (χ0n) is 13.8. The molecule has 0 aromatic heterocycles. The van der Waals surface area contributed by atoms with Crippen molar-refractivity contribution in [2.24, 2.45) is 5.92 Å². The lowest BCUT2D eigenvalue weighted by Crippen LogP contribution is -2.46. The molecule has 2 unspecified atom stereocenters. The molecule has 3 aliphatic rings. The maximum atomic E-state index is 10.1. The first-order valence-electron chi connectivity index (χ1n) is 9.78. The molecule has 0 amide bonds. The minimum atomic E-state index is 0.00422. The molecule has 0 bridgehead atoms. The summed E-state index contributed by atoms with van der Waals surface area (Å²) in [7, 11) is 0. The van der Waals surface area contributed by atoms with Crippen molar-refractivity contribution in [2.75, 3.05) is 6.54 Å². The molecule has 0 spiro atoms. The van der Waals surface area contributed by atoms with E-state index in [1.54, 1.807) is 0 Å². The highest BCUT2D eigenvalue weighted by Gasteiger charge is 2.31. The normalized spacial score (nSPS) is 32.9. The Labute approximate surface area is 131 Å². The van der Waals surface area contributed by atoms with E-state index in [1.165, 1.54) is 90.0 Å². The smallest absolute Gasteiger partial charge is 0.0568 e. The molecule has 3 aliphatic carbocycles. The molecule has 2 heteroatoms. The Hall–Kier alpha value is -0.0800. The monoisotopic (exact) mass is 293 g/mol. The van der Waals surface area contributed by atoms with Crippen molar-refractivity contribution in [2.45, 2.75) is 108 Å². The van der Waals surface area contributed by atoms with Crippen LogP contribution in [0.5, 0.6) is 0 Å². The van der Waals surface area contributed by atoms with Gasteiger partial charge in [0.1, 0.15) is 0 Å². The summed E-state index contributed by atoms with van der Waals surface area (Å²) >= 11 is 0. The quantitative estimate of drug-likeness (QED) is 0.806. The third-order valence-electron chi connectivity index (χ3n) is 6.46. The lowest BCUT2D eigenvalue weighted by Gasteiger charge is -2.42. The third-order valence-corrected chi connectivity index (χ3v) is 6.46. The first kappa shape index (κ1) is 15.8. The minimum Gasteiger partial charge on any atom is -0.393 e. The fraction of sp³-hybridized carbons (Fsp3) is 1.00. The molecule has 0 saturated heterocycles. The number of aliphatic hydroxyl groups excluding tert-OH is 1. The van der Waals surface area contributed by atoms with E-state index < -0.39 is 0 Å². The van der Waals surface area contributed by atoms with Crippen LogP contribution >= 0.6 is 0 Å². The van der Waals surface area contributed by atoms with Crippen molar-refractivity contribution < 1.29 is 5.11 Å². The molecule has 3 fully saturated rings. The van der Waals surface area contributed by atoms with Gasteiger partial charge in [0, 0.05) is 12.1 Å². The molecule has 3 rings (SSSR count). The molecule has 0 aromatic carbocycles. The molecule has 0 radical (unpaired) electrons. The van der Waals surface area contributed by atoms with Gasteiger partial charge in [-0.3, -0.25) is 4.90 Å². The van der Waals surface area contributed by atoms with Crippen LogP contribution in [0.3, 0.4) is 0 Å². The first-order valence-corrected chi connectivity index (χ1v) is 9.78. The molecule has 21 heavy (non-hydrogen) atoms. The van der Waals surface area contributed by atoms with Crippen LogP contribution in [-0.2, 0) is 0 Å². The summed E-state index contributed by atoms with van der Waals surface area (Å²) in [5.41, 5.74) is 0. The highest BCUT2D eigenvalue weighted by Crippen LogP contribution is 2.33. The van der Waals surface area contributed by atoms with E-state index >= 15 is 0 Å². The predicted octanol–water partition coefficient (Wildman–Crippen LogP) is 4.50. The van der Waals surface area contributed by atoms with Crippen LogP contribution in [0.4, 0.5) is 0 Å².